The van der Waals surface area contributed by atoms with Gasteiger partial charge in [0.1, 0.15) is 5.00 Å². The van der Waals surface area contributed by atoms with Crippen LogP contribution in [0.25, 0.3) is 0 Å². The molecule has 1 aromatic heterocycles. The van der Waals surface area contributed by atoms with Crippen molar-refractivity contribution in [2.75, 3.05) is 18.5 Å². The van der Waals surface area contributed by atoms with Crippen molar-refractivity contribution >= 4 is 28.3 Å². The Balaban J connectivity index is 2.31. The molecule has 0 aliphatic heterocycles. The van der Waals surface area contributed by atoms with Gasteiger partial charge >= 0.3 is 12.0 Å². The van der Waals surface area contributed by atoms with E-state index in [0.29, 0.717) is 11.5 Å². The van der Waals surface area contributed by atoms with E-state index in [9.17, 15) is 9.59 Å². The predicted octanol–water partition coefficient (Wildman–Crippen LogP) is 1.98. The molecular weight excluding hydrogens is 268 g/mol. The Morgan fingerprint density at radius 1 is 1.47 bits per heavy atom. The molecule has 1 aromatic rings. The van der Waals surface area contributed by atoms with E-state index in [1.54, 1.807) is 5.38 Å². The lowest BCUT2D eigenvalue weighted by Gasteiger charge is -2.09. The van der Waals surface area contributed by atoms with Crippen LogP contribution in [0.5, 0.6) is 0 Å². The maximum Gasteiger partial charge on any atom is 0.338 e. The van der Waals surface area contributed by atoms with Gasteiger partial charge in [-0.25, -0.2) is 9.59 Å². The molecule has 0 spiro atoms. The van der Waals surface area contributed by atoms with Crippen molar-refractivity contribution in [3.8, 4) is 0 Å². The molecule has 0 aliphatic carbocycles. The van der Waals surface area contributed by atoms with E-state index in [0.717, 1.165) is 12.8 Å². The van der Waals surface area contributed by atoms with E-state index in [1.165, 1.54) is 17.4 Å². The van der Waals surface area contributed by atoms with E-state index in [-0.39, 0.29) is 18.1 Å². The summed E-state index contributed by atoms with van der Waals surface area (Å²) >= 11 is 1.17. The number of carbonyl (C=O) groups is 2. The van der Waals surface area contributed by atoms with Crippen LogP contribution < -0.4 is 10.6 Å². The van der Waals surface area contributed by atoms with Crippen molar-refractivity contribution in [2.45, 2.75) is 19.8 Å². The number of amides is 2. The van der Waals surface area contributed by atoms with Crippen molar-refractivity contribution in [2.24, 2.45) is 5.92 Å². The molecule has 1 rings (SSSR count). The van der Waals surface area contributed by atoms with Gasteiger partial charge in [-0.2, -0.15) is 0 Å². The second kappa shape index (κ2) is 7.75. The Bertz CT molecular complexity index is 433. The number of anilines is 1. The van der Waals surface area contributed by atoms with Crippen LogP contribution in [0.1, 0.15) is 30.1 Å². The van der Waals surface area contributed by atoms with Crippen LogP contribution in [-0.2, 0) is 0 Å². The SMILES string of the molecule is CC(CO)CCCNC(=O)Nc1sccc1C(=O)O. The lowest BCUT2D eigenvalue weighted by atomic mass is 10.1. The van der Waals surface area contributed by atoms with Gasteiger partial charge in [-0.3, -0.25) is 5.32 Å². The number of thiophene rings is 1. The second-order valence-corrected chi connectivity index (χ2v) is 5.20. The van der Waals surface area contributed by atoms with Crippen molar-refractivity contribution in [1.29, 1.82) is 0 Å². The molecule has 0 saturated carbocycles. The number of carboxylic acid groups (broad SMARTS) is 1. The zero-order valence-electron chi connectivity index (χ0n) is 10.7. The number of carboxylic acids is 1. The molecule has 19 heavy (non-hydrogen) atoms. The molecule has 0 fully saturated rings. The molecule has 106 valence electrons. The van der Waals surface area contributed by atoms with E-state index in [4.69, 9.17) is 10.2 Å². The molecule has 6 nitrogen and oxygen atoms in total. The largest absolute Gasteiger partial charge is 0.478 e. The number of aliphatic hydroxyl groups is 1. The summed E-state index contributed by atoms with van der Waals surface area (Å²) in [6.45, 7) is 2.57. The first-order chi connectivity index (χ1) is 9.04. The van der Waals surface area contributed by atoms with Gasteiger partial charge in [-0.15, -0.1) is 11.3 Å². The number of aromatic carboxylic acids is 1. The van der Waals surface area contributed by atoms with Crippen molar-refractivity contribution in [1.82, 2.24) is 5.32 Å². The fourth-order valence-electron chi connectivity index (χ4n) is 1.47. The molecular formula is C12H18N2O4S. The molecule has 0 saturated heterocycles. The topological polar surface area (TPSA) is 98.7 Å². The molecule has 0 aliphatic rings. The summed E-state index contributed by atoms with van der Waals surface area (Å²) < 4.78 is 0. The van der Waals surface area contributed by atoms with E-state index < -0.39 is 12.0 Å². The first-order valence-electron chi connectivity index (χ1n) is 6.01. The molecule has 0 radical (unpaired) electrons. The van der Waals surface area contributed by atoms with Crippen LogP contribution >= 0.6 is 11.3 Å². The van der Waals surface area contributed by atoms with Crippen LogP contribution in [0.4, 0.5) is 9.80 Å². The quantitative estimate of drug-likeness (QED) is 0.576. The molecule has 0 aromatic carbocycles. The Labute approximate surface area is 115 Å². The van der Waals surface area contributed by atoms with E-state index in [2.05, 4.69) is 10.6 Å². The summed E-state index contributed by atoms with van der Waals surface area (Å²) in [6, 6.07) is 1.03. The fraction of sp³-hybridized carbons (Fsp3) is 0.500. The van der Waals surface area contributed by atoms with Crippen molar-refractivity contribution < 1.29 is 19.8 Å². The highest BCUT2D eigenvalue weighted by Crippen LogP contribution is 2.22. The minimum absolute atomic E-state index is 0.0917. The Hall–Kier alpha value is -1.60. The summed E-state index contributed by atoms with van der Waals surface area (Å²) in [5.74, 6) is -0.839. The number of urea groups is 1. The minimum atomic E-state index is -1.06. The third kappa shape index (κ3) is 5.27. The molecule has 1 unspecified atom stereocenters. The zero-order chi connectivity index (χ0) is 14.3. The summed E-state index contributed by atoms with van der Waals surface area (Å²) in [5, 5.41) is 24.8. The maximum absolute atomic E-state index is 11.5. The van der Waals surface area contributed by atoms with Crippen LogP contribution in [0.2, 0.25) is 0 Å². The monoisotopic (exact) mass is 286 g/mol. The summed E-state index contributed by atoms with van der Waals surface area (Å²) in [4.78, 5) is 22.4. The fourth-order valence-corrected chi connectivity index (χ4v) is 2.24. The highest BCUT2D eigenvalue weighted by molar-refractivity contribution is 7.14. The van der Waals surface area contributed by atoms with Crippen molar-refractivity contribution in [3.05, 3.63) is 17.0 Å². The number of aliphatic hydroxyl groups excluding tert-OH is 1. The first-order valence-corrected chi connectivity index (χ1v) is 6.89. The van der Waals surface area contributed by atoms with E-state index in [1.807, 2.05) is 6.92 Å². The first kappa shape index (κ1) is 15.5. The van der Waals surface area contributed by atoms with Gasteiger partial charge in [0.2, 0.25) is 0 Å². The summed E-state index contributed by atoms with van der Waals surface area (Å²) in [6.07, 6.45) is 1.60. The lowest BCUT2D eigenvalue weighted by molar-refractivity contribution is 0.0698. The van der Waals surface area contributed by atoms with Crippen LogP contribution in [0.15, 0.2) is 11.4 Å². The minimum Gasteiger partial charge on any atom is -0.478 e. The molecule has 1 atom stereocenters. The maximum atomic E-state index is 11.5. The molecule has 1 heterocycles. The van der Waals surface area contributed by atoms with Gasteiger partial charge in [0.25, 0.3) is 0 Å². The Morgan fingerprint density at radius 3 is 2.84 bits per heavy atom. The van der Waals surface area contributed by atoms with Crippen LogP contribution in [0, 0.1) is 5.92 Å². The summed E-state index contributed by atoms with van der Waals surface area (Å²) in [5.41, 5.74) is 0.0917. The number of nitrogens with one attached hydrogen (secondary N) is 2. The third-order valence-corrected chi connectivity index (χ3v) is 3.42. The Kier molecular flexibility index (Phi) is 6.31. The zero-order valence-corrected chi connectivity index (χ0v) is 11.5. The normalized spacial score (nSPS) is 11.9. The number of hydrogen-bond acceptors (Lipinski definition) is 4. The number of hydrogen-bond donors (Lipinski definition) is 4. The van der Waals surface area contributed by atoms with Gasteiger partial charge in [0.05, 0.1) is 5.56 Å². The van der Waals surface area contributed by atoms with Gasteiger partial charge in [0, 0.05) is 13.2 Å². The third-order valence-electron chi connectivity index (χ3n) is 2.59. The highest BCUT2D eigenvalue weighted by atomic mass is 32.1. The summed E-state index contributed by atoms with van der Waals surface area (Å²) in [7, 11) is 0. The smallest absolute Gasteiger partial charge is 0.338 e. The molecule has 7 heteroatoms. The second-order valence-electron chi connectivity index (χ2n) is 4.28. The van der Waals surface area contributed by atoms with Crippen LogP contribution in [0.3, 0.4) is 0 Å². The predicted molar refractivity (Wildman–Crippen MR) is 73.8 cm³/mol. The Morgan fingerprint density at radius 2 is 2.21 bits per heavy atom. The van der Waals surface area contributed by atoms with E-state index >= 15 is 0 Å². The highest BCUT2D eigenvalue weighted by Gasteiger charge is 2.13. The number of carbonyl (C=O) groups excluding carboxylic acids is 1. The molecule has 2 amide bonds. The molecule has 0 bridgehead atoms. The van der Waals surface area contributed by atoms with Crippen molar-refractivity contribution in [3.63, 3.8) is 0 Å². The lowest BCUT2D eigenvalue weighted by Crippen LogP contribution is -2.30. The van der Waals surface area contributed by atoms with Gasteiger partial charge in [0.15, 0.2) is 0 Å². The van der Waals surface area contributed by atoms with Gasteiger partial charge in [-0.1, -0.05) is 6.92 Å². The van der Waals surface area contributed by atoms with Gasteiger partial charge in [-0.05, 0) is 30.2 Å². The standard InChI is InChI=1S/C12H18N2O4S/c1-8(7-15)3-2-5-13-12(18)14-10-9(11(16)17)4-6-19-10/h4,6,8,15H,2-3,5,7H2,1H3,(H,16,17)(H2,13,14,18). The van der Waals surface area contributed by atoms with Crippen LogP contribution in [-0.4, -0.2) is 35.4 Å². The molecule has 4 N–H and O–H groups in total. The van der Waals surface area contributed by atoms with Gasteiger partial charge < -0.3 is 15.5 Å². The average Bonchev–Trinajstić information content (AvgIpc) is 2.82. The number of rotatable bonds is 7. The average molecular weight is 286 g/mol.